The Bertz CT molecular complexity index is 706. The fraction of sp³-hybridized carbons (Fsp3) is 0.231. The van der Waals surface area contributed by atoms with Crippen molar-refractivity contribution < 1.29 is 17.9 Å². The number of nitrogens with one attached hydrogen (secondary N) is 1. The number of halogens is 3. The SMILES string of the molecule is COc1cc(C(F)(F)F)ccc1C1=NNCn2ccnc21. The molecule has 1 aromatic heterocycles. The van der Waals surface area contributed by atoms with Crippen LogP contribution in [0.2, 0.25) is 0 Å². The molecule has 0 saturated heterocycles. The maximum atomic E-state index is 12.8. The summed E-state index contributed by atoms with van der Waals surface area (Å²) in [7, 11) is 1.32. The van der Waals surface area contributed by atoms with Crippen molar-refractivity contribution in [1.82, 2.24) is 15.0 Å². The Hall–Kier alpha value is -2.51. The summed E-state index contributed by atoms with van der Waals surface area (Å²) in [5, 5.41) is 4.14. The lowest BCUT2D eigenvalue weighted by Crippen LogP contribution is -2.26. The van der Waals surface area contributed by atoms with Gasteiger partial charge in [0.2, 0.25) is 0 Å². The fourth-order valence-corrected chi connectivity index (χ4v) is 2.14. The lowest BCUT2D eigenvalue weighted by molar-refractivity contribution is -0.137. The van der Waals surface area contributed by atoms with Crippen LogP contribution in [0.15, 0.2) is 35.7 Å². The van der Waals surface area contributed by atoms with Crippen molar-refractivity contribution in [2.24, 2.45) is 5.10 Å². The zero-order chi connectivity index (χ0) is 15.0. The number of nitrogens with zero attached hydrogens (tertiary/aromatic N) is 3. The number of fused-ring (bicyclic) bond motifs is 1. The Morgan fingerprint density at radius 1 is 1.33 bits per heavy atom. The van der Waals surface area contributed by atoms with Crippen LogP contribution in [0.25, 0.3) is 0 Å². The first-order valence-corrected chi connectivity index (χ1v) is 6.08. The van der Waals surface area contributed by atoms with Crippen molar-refractivity contribution in [3.8, 4) is 5.75 Å². The van der Waals surface area contributed by atoms with E-state index in [1.807, 2.05) is 0 Å². The van der Waals surface area contributed by atoms with E-state index in [0.717, 1.165) is 12.1 Å². The van der Waals surface area contributed by atoms with Crippen LogP contribution in [0.1, 0.15) is 17.0 Å². The molecule has 0 amide bonds. The molecule has 1 aromatic carbocycles. The van der Waals surface area contributed by atoms with Crippen LogP contribution in [0, 0.1) is 0 Å². The van der Waals surface area contributed by atoms with E-state index in [0.29, 0.717) is 23.8 Å². The normalized spacial score (nSPS) is 14.2. The number of hydrazone groups is 1. The van der Waals surface area contributed by atoms with E-state index in [1.165, 1.54) is 13.2 Å². The van der Waals surface area contributed by atoms with Crippen LogP contribution >= 0.6 is 0 Å². The largest absolute Gasteiger partial charge is 0.496 e. The highest BCUT2D eigenvalue weighted by Gasteiger charge is 2.32. The summed E-state index contributed by atoms with van der Waals surface area (Å²) in [6.07, 6.45) is -1.06. The van der Waals surface area contributed by atoms with Gasteiger partial charge in [0.15, 0.2) is 5.82 Å². The van der Waals surface area contributed by atoms with E-state index >= 15 is 0 Å². The quantitative estimate of drug-likeness (QED) is 0.924. The Kier molecular flexibility index (Phi) is 3.08. The lowest BCUT2D eigenvalue weighted by atomic mass is 10.0. The van der Waals surface area contributed by atoms with Crippen molar-refractivity contribution in [2.75, 3.05) is 7.11 Å². The minimum Gasteiger partial charge on any atom is -0.496 e. The Balaban J connectivity index is 2.10. The third kappa shape index (κ3) is 2.32. The van der Waals surface area contributed by atoms with Crippen LogP contribution < -0.4 is 10.2 Å². The number of benzene rings is 1. The van der Waals surface area contributed by atoms with Crippen LogP contribution in [-0.2, 0) is 12.8 Å². The van der Waals surface area contributed by atoms with E-state index in [-0.39, 0.29) is 5.75 Å². The molecule has 1 aliphatic heterocycles. The summed E-state index contributed by atoms with van der Waals surface area (Å²) in [6.45, 7) is 0.460. The minimum absolute atomic E-state index is 0.0989. The summed E-state index contributed by atoms with van der Waals surface area (Å²) >= 11 is 0. The molecule has 110 valence electrons. The number of methoxy groups -OCH3 is 1. The fourth-order valence-electron chi connectivity index (χ4n) is 2.14. The number of hydrogen-bond donors (Lipinski definition) is 1. The zero-order valence-electron chi connectivity index (χ0n) is 11.0. The topological polar surface area (TPSA) is 51.4 Å². The molecule has 8 heteroatoms. The van der Waals surface area contributed by atoms with E-state index in [9.17, 15) is 13.2 Å². The summed E-state index contributed by atoms with van der Waals surface area (Å²) in [6, 6.07) is 3.30. The minimum atomic E-state index is -4.42. The number of imidazole rings is 1. The standard InChI is InChI=1S/C13H11F3N4O/c1-21-10-6-8(13(14,15)16)2-3-9(10)11-12-17-4-5-20(12)7-18-19-11/h2-6,18H,7H2,1H3. The van der Waals surface area contributed by atoms with Gasteiger partial charge in [-0.15, -0.1) is 0 Å². The number of aromatic nitrogens is 2. The monoisotopic (exact) mass is 296 g/mol. The van der Waals surface area contributed by atoms with Crippen molar-refractivity contribution in [3.63, 3.8) is 0 Å². The molecule has 1 aliphatic rings. The van der Waals surface area contributed by atoms with Gasteiger partial charge in [-0.05, 0) is 18.2 Å². The predicted octanol–water partition coefficient (Wildman–Crippen LogP) is 2.22. The third-order valence-electron chi connectivity index (χ3n) is 3.14. The zero-order valence-corrected chi connectivity index (χ0v) is 11.0. The van der Waals surface area contributed by atoms with Gasteiger partial charge in [-0.25, -0.2) is 4.98 Å². The number of rotatable bonds is 2. The first-order valence-electron chi connectivity index (χ1n) is 6.08. The van der Waals surface area contributed by atoms with Gasteiger partial charge in [0.25, 0.3) is 0 Å². The molecule has 0 aliphatic carbocycles. The second kappa shape index (κ2) is 4.80. The highest BCUT2D eigenvalue weighted by Crippen LogP contribution is 2.34. The molecular formula is C13H11F3N4O. The molecule has 2 heterocycles. The van der Waals surface area contributed by atoms with Crippen LogP contribution in [0.4, 0.5) is 13.2 Å². The van der Waals surface area contributed by atoms with Gasteiger partial charge in [-0.2, -0.15) is 18.3 Å². The maximum Gasteiger partial charge on any atom is 0.416 e. The van der Waals surface area contributed by atoms with E-state index in [1.54, 1.807) is 17.0 Å². The third-order valence-corrected chi connectivity index (χ3v) is 3.14. The van der Waals surface area contributed by atoms with Crippen LogP contribution in [0.5, 0.6) is 5.75 Å². The van der Waals surface area contributed by atoms with Crippen LogP contribution in [-0.4, -0.2) is 22.4 Å². The molecule has 0 unspecified atom stereocenters. The summed E-state index contributed by atoms with van der Waals surface area (Å²) in [4.78, 5) is 4.18. The summed E-state index contributed by atoms with van der Waals surface area (Å²) in [5.41, 5.74) is 2.93. The second-order valence-corrected chi connectivity index (χ2v) is 4.41. The first-order chi connectivity index (χ1) is 10.0. The van der Waals surface area contributed by atoms with Crippen molar-refractivity contribution in [3.05, 3.63) is 47.5 Å². The van der Waals surface area contributed by atoms with Gasteiger partial charge in [-0.3, -0.25) is 5.43 Å². The highest BCUT2D eigenvalue weighted by atomic mass is 19.4. The molecule has 0 atom stereocenters. The van der Waals surface area contributed by atoms with Crippen molar-refractivity contribution in [1.29, 1.82) is 0 Å². The number of alkyl halides is 3. The molecule has 21 heavy (non-hydrogen) atoms. The van der Waals surface area contributed by atoms with Crippen LogP contribution in [0.3, 0.4) is 0 Å². The van der Waals surface area contributed by atoms with Gasteiger partial charge in [0.1, 0.15) is 18.1 Å². The van der Waals surface area contributed by atoms with E-state index < -0.39 is 11.7 Å². The average molecular weight is 296 g/mol. The predicted molar refractivity (Wildman–Crippen MR) is 69.0 cm³/mol. The molecule has 2 aromatic rings. The van der Waals surface area contributed by atoms with Gasteiger partial charge >= 0.3 is 6.18 Å². The Morgan fingerprint density at radius 2 is 2.14 bits per heavy atom. The van der Waals surface area contributed by atoms with Gasteiger partial charge < -0.3 is 9.30 Å². The van der Waals surface area contributed by atoms with E-state index in [4.69, 9.17) is 4.74 Å². The van der Waals surface area contributed by atoms with Gasteiger partial charge in [-0.1, -0.05) is 0 Å². The smallest absolute Gasteiger partial charge is 0.416 e. The summed E-state index contributed by atoms with van der Waals surface area (Å²) < 4.78 is 45.1. The van der Waals surface area contributed by atoms with Crippen molar-refractivity contribution in [2.45, 2.75) is 12.8 Å². The molecule has 0 fully saturated rings. The molecule has 0 saturated carbocycles. The molecule has 0 bridgehead atoms. The summed E-state index contributed by atoms with van der Waals surface area (Å²) in [5.74, 6) is 0.675. The molecule has 5 nitrogen and oxygen atoms in total. The molecule has 0 radical (unpaired) electrons. The molecule has 1 N–H and O–H groups in total. The highest BCUT2D eigenvalue weighted by molar-refractivity contribution is 6.12. The molecule has 3 rings (SSSR count). The number of ether oxygens (including phenoxy) is 1. The Morgan fingerprint density at radius 3 is 2.86 bits per heavy atom. The van der Waals surface area contributed by atoms with Gasteiger partial charge in [0, 0.05) is 18.0 Å². The maximum absolute atomic E-state index is 12.8. The molecular weight excluding hydrogens is 285 g/mol. The Labute approximate surface area is 118 Å². The molecule has 0 spiro atoms. The van der Waals surface area contributed by atoms with Gasteiger partial charge in [0.05, 0.1) is 12.7 Å². The lowest BCUT2D eigenvalue weighted by Gasteiger charge is -2.18. The second-order valence-electron chi connectivity index (χ2n) is 4.41. The van der Waals surface area contributed by atoms with Crippen molar-refractivity contribution >= 4 is 5.71 Å². The number of hydrogen-bond acceptors (Lipinski definition) is 4. The first kappa shape index (κ1) is 13.5. The van der Waals surface area contributed by atoms with E-state index in [2.05, 4.69) is 15.5 Å². The average Bonchev–Trinajstić information content (AvgIpc) is 2.94.